The largest absolute Gasteiger partial charge is 0.0827 e. The van der Waals surface area contributed by atoms with Gasteiger partial charge in [0.15, 0.2) is 0 Å². The summed E-state index contributed by atoms with van der Waals surface area (Å²) in [5.41, 5.74) is 2.83. The normalized spacial score (nSPS) is 10.5. The van der Waals surface area contributed by atoms with Gasteiger partial charge in [-0.1, -0.05) is 65.1 Å². The summed E-state index contributed by atoms with van der Waals surface area (Å²) in [6, 6.07) is 11.3. The smallest absolute Gasteiger partial charge is 0.0784 e. The lowest BCUT2D eigenvalue weighted by molar-refractivity contribution is 1.57. The van der Waals surface area contributed by atoms with Crippen molar-refractivity contribution in [3.63, 3.8) is 0 Å². The van der Waals surface area contributed by atoms with Crippen molar-refractivity contribution in [1.82, 2.24) is 0 Å². The molecule has 0 aliphatic rings. The van der Waals surface area contributed by atoms with Gasteiger partial charge in [0.1, 0.15) is 0 Å². The molecule has 0 unspecified atom stereocenters. The molecule has 0 N–H and O–H groups in total. The molecule has 0 bridgehead atoms. The van der Waals surface area contributed by atoms with Crippen molar-refractivity contribution < 1.29 is 0 Å². The van der Waals surface area contributed by atoms with E-state index >= 15 is 0 Å². The SMILES string of the molecule is [CH2]c1ccc(-c2ccc(Cl)c(Cl)c2Cl)cc1. The van der Waals surface area contributed by atoms with Crippen molar-refractivity contribution >= 4 is 34.8 Å². The summed E-state index contributed by atoms with van der Waals surface area (Å²) in [6.45, 7) is 3.83. The summed E-state index contributed by atoms with van der Waals surface area (Å²) in [7, 11) is 0. The number of rotatable bonds is 1. The molecule has 3 heteroatoms. The van der Waals surface area contributed by atoms with E-state index in [2.05, 4.69) is 6.92 Å². The van der Waals surface area contributed by atoms with Gasteiger partial charge < -0.3 is 0 Å². The molecule has 0 aliphatic carbocycles. The van der Waals surface area contributed by atoms with Crippen LogP contribution in [-0.2, 0) is 0 Å². The van der Waals surface area contributed by atoms with Crippen LogP contribution in [0.25, 0.3) is 11.1 Å². The third kappa shape index (κ3) is 2.20. The van der Waals surface area contributed by atoms with Gasteiger partial charge in [0.05, 0.1) is 15.1 Å². The molecule has 0 saturated carbocycles. The molecule has 81 valence electrons. The minimum atomic E-state index is 0.388. The van der Waals surface area contributed by atoms with E-state index < -0.39 is 0 Å². The van der Waals surface area contributed by atoms with E-state index in [4.69, 9.17) is 34.8 Å². The molecule has 2 rings (SSSR count). The van der Waals surface area contributed by atoms with Crippen molar-refractivity contribution in [3.8, 4) is 11.1 Å². The second-order valence-electron chi connectivity index (χ2n) is 3.42. The zero-order chi connectivity index (χ0) is 11.7. The summed E-state index contributed by atoms with van der Waals surface area (Å²) in [6.07, 6.45) is 0. The Labute approximate surface area is 110 Å². The van der Waals surface area contributed by atoms with E-state index in [1.165, 1.54) is 0 Å². The zero-order valence-electron chi connectivity index (χ0n) is 8.31. The molecule has 0 fully saturated rings. The average molecular weight is 271 g/mol. The second kappa shape index (κ2) is 4.67. The van der Waals surface area contributed by atoms with E-state index in [1.807, 2.05) is 30.3 Å². The van der Waals surface area contributed by atoms with Crippen LogP contribution >= 0.6 is 34.8 Å². The third-order valence-electron chi connectivity index (χ3n) is 2.30. The number of hydrogen-bond donors (Lipinski definition) is 0. The monoisotopic (exact) mass is 269 g/mol. The highest BCUT2D eigenvalue weighted by Gasteiger charge is 2.09. The maximum absolute atomic E-state index is 6.14. The highest BCUT2D eigenvalue weighted by Crippen LogP contribution is 2.37. The van der Waals surface area contributed by atoms with Crippen molar-refractivity contribution in [2.45, 2.75) is 0 Å². The van der Waals surface area contributed by atoms with Crippen LogP contribution in [0, 0.1) is 6.92 Å². The topological polar surface area (TPSA) is 0 Å². The van der Waals surface area contributed by atoms with Gasteiger partial charge in [-0.25, -0.2) is 0 Å². The predicted octanol–water partition coefficient (Wildman–Crippen LogP) is 5.50. The van der Waals surface area contributed by atoms with Gasteiger partial charge in [-0.3, -0.25) is 0 Å². The van der Waals surface area contributed by atoms with Gasteiger partial charge in [0.2, 0.25) is 0 Å². The Hall–Kier alpha value is -0.690. The van der Waals surface area contributed by atoms with E-state index in [0.717, 1.165) is 16.7 Å². The van der Waals surface area contributed by atoms with E-state index in [1.54, 1.807) is 6.07 Å². The molecule has 1 radical (unpaired) electrons. The molecule has 0 nitrogen and oxygen atoms in total. The van der Waals surface area contributed by atoms with Gasteiger partial charge in [0.25, 0.3) is 0 Å². The van der Waals surface area contributed by atoms with Gasteiger partial charge in [-0.05, 0) is 24.1 Å². The van der Waals surface area contributed by atoms with E-state index in [0.29, 0.717) is 15.1 Å². The standard InChI is InChI=1S/C13H8Cl3/c1-8-2-4-9(5-3-8)10-6-7-11(14)13(16)12(10)15/h2-7H,1H2. The lowest BCUT2D eigenvalue weighted by Gasteiger charge is -2.07. The van der Waals surface area contributed by atoms with Crippen molar-refractivity contribution in [1.29, 1.82) is 0 Å². The Kier molecular flexibility index (Phi) is 3.44. The maximum Gasteiger partial charge on any atom is 0.0784 e. The Morgan fingerprint density at radius 2 is 1.38 bits per heavy atom. The lowest BCUT2D eigenvalue weighted by Crippen LogP contribution is -1.82. The summed E-state index contributed by atoms with van der Waals surface area (Å²) in [5, 5.41) is 1.33. The molecule has 0 atom stereocenters. The second-order valence-corrected chi connectivity index (χ2v) is 4.58. The Balaban J connectivity index is 2.57. The molecule has 0 aliphatic heterocycles. The maximum atomic E-state index is 6.14. The molecule has 0 saturated heterocycles. The van der Waals surface area contributed by atoms with Crippen LogP contribution < -0.4 is 0 Å². The van der Waals surface area contributed by atoms with Crippen LogP contribution in [0.4, 0.5) is 0 Å². The molecular formula is C13H8Cl3. The minimum absolute atomic E-state index is 0.388. The summed E-state index contributed by atoms with van der Waals surface area (Å²) < 4.78 is 0. The van der Waals surface area contributed by atoms with E-state index in [9.17, 15) is 0 Å². The molecule has 16 heavy (non-hydrogen) atoms. The molecule has 0 aromatic heterocycles. The minimum Gasteiger partial charge on any atom is -0.0827 e. The van der Waals surface area contributed by atoms with Crippen LogP contribution in [0.1, 0.15) is 5.56 Å². The Morgan fingerprint density at radius 1 is 0.750 bits per heavy atom. The zero-order valence-corrected chi connectivity index (χ0v) is 10.6. The molecule has 0 spiro atoms. The first-order chi connectivity index (χ1) is 7.59. The summed E-state index contributed by atoms with van der Waals surface area (Å²) in [4.78, 5) is 0. The molecular weight excluding hydrogens is 263 g/mol. The number of hydrogen-bond acceptors (Lipinski definition) is 0. The van der Waals surface area contributed by atoms with Crippen molar-refractivity contribution in [2.24, 2.45) is 0 Å². The fourth-order valence-corrected chi connectivity index (χ4v) is 2.08. The first-order valence-electron chi connectivity index (χ1n) is 4.65. The van der Waals surface area contributed by atoms with Crippen molar-refractivity contribution in [3.05, 3.63) is 64.0 Å². The van der Waals surface area contributed by atoms with Crippen LogP contribution in [-0.4, -0.2) is 0 Å². The van der Waals surface area contributed by atoms with Gasteiger partial charge in [0, 0.05) is 5.56 Å². The van der Waals surface area contributed by atoms with Gasteiger partial charge >= 0.3 is 0 Å². The van der Waals surface area contributed by atoms with Crippen LogP contribution in [0.5, 0.6) is 0 Å². The van der Waals surface area contributed by atoms with Crippen LogP contribution in [0.15, 0.2) is 36.4 Å². The van der Waals surface area contributed by atoms with Gasteiger partial charge in [-0.2, -0.15) is 0 Å². The lowest BCUT2D eigenvalue weighted by atomic mass is 10.0. The first-order valence-corrected chi connectivity index (χ1v) is 5.79. The fraction of sp³-hybridized carbons (Fsp3) is 0. The molecule has 2 aromatic rings. The average Bonchev–Trinajstić information content (AvgIpc) is 2.28. The molecule has 0 heterocycles. The highest BCUT2D eigenvalue weighted by molar-refractivity contribution is 6.49. The fourth-order valence-electron chi connectivity index (χ4n) is 1.43. The van der Waals surface area contributed by atoms with Gasteiger partial charge in [-0.15, -0.1) is 0 Å². The Bertz CT molecular complexity index is 515. The van der Waals surface area contributed by atoms with Crippen molar-refractivity contribution in [2.75, 3.05) is 0 Å². The quantitative estimate of drug-likeness (QED) is 0.601. The van der Waals surface area contributed by atoms with Crippen LogP contribution in [0.3, 0.4) is 0 Å². The number of benzene rings is 2. The highest BCUT2D eigenvalue weighted by atomic mass is 35.5. The predicted molar refractivity (Wildman–Crippen MR) is 71.4 cm³/mol. The van der Waals surface area contributed by atoms with Crippen LogP contribution in [0.2, 0.25) is 15.1 Å². The molecule has 0 amide bonds. The van der Waals surface area contributed by atoms with E-state index in [-0.39, 0.29) is 0 Å². The Morgan fingerprint density at radius 3 is 2.00 bits per heavy atom. The molecule has 2 aromatic carbocycles. The first kappa shape index (κ1) is 11.8. The third-order valence-corrected chi connectivity index (χ3v) is 3.59. The summed E-state index contributed by atoms with van der Waals surface area (Å²) in [5.74, 6) is 0. The summed E-state index contributed by atoms with van der Waals surface area (Å²) >= 11 is 18.0. The number of halogens is 3.